The van der Waals surface area contributed by atoms with Crippen molar-refractivity contribution in [1.29, 1.82) is 0 Å². The van der Waals surface area contributed by atoms with Gasteiger partial charge in [0, 0.05) is 12.6 Å². The monoisotopic (exact) mass is 306 g/mol. The number of carbonyl (C=O) groups excluding carboxylic acids is 1. The number of amides is 1. The Morgan fingerprint density at radius 2 is 2.31 bits per heavy atom. The summed E-state index contributed by atoms with van der Waals surface area (Å²) in [6.45, 7) is 1.58. The summed E-state index contributed by atoms with van der Waals surface area (Å²) in [5.74, 6) is 0.649. The first-order valence-corrected chi connectivity index (χ1v) is 6.56. The molecular formula is C10H15BrN2O2S. The average molecular weight is 307 g/mol. The van der Waals surface area contributed by atoms with Crippen molar-refractivity contribution < 1.29 is 9.53 Å². The second-order valence-electron chi connectivity index (χ2n) is 3.17. The molecule has 0 aliphatic carbocycles. The van der Waals surface area contributed by atoms with E-state index in [2.05, 4.69) is 26.6 Å². The Balaban J connectivity index is 2.46. The van der Waals surface area contributed by atoms with Gasteiger partial charge in [0.1, 0.15) is 9.54 Å². The van der Waals surface area contributed by atoms with E-state index < -0.39 is 0 Å². The van der Waals surface area contributed by atoms with Crippen molar-refractivity contribution in [2.24, 2.45) is 0 Å². The van der Waals surface area contributed by atoms with Gasteiger partial charge >= 0.3 is 0 Å². The van der Waals surface area contributed by atoms with Gasteiger partial charge in [-0.25, -0.2) is 0 Å². The minimum atomic E-state index is -0.0508. The van der Waals surface area contributed by atoms with Crippen molar-refractivity contribution in [3.63, 3.8) is 0 Å². The lowest BCUT2D eigenvalue weighted by atomic mass is 10.4. The highest BCUT2D eigenvalue weighted by Gasteiger charge is 2.12. The SMILES string of the molecule is CNCCCNC(=O)c1cc(OC)c(Br)s1. The number of ether oxygens (including phenoxy) is 1. The molecule has 0 aromatic carbocycles. The number of hydrogen-bond acceptors (Lipinski definition) is 4. The van der Waals surface area contributed by atoms with Crippen LogP contribution in [-0.2, 0) is 0 Å². The van der Waals surface area contributed by atoms with Crippen LogP contribution in [0.2, 0.25) is 0 Å². The van der Waals surface area contributed by atoms with Gasteiger partial charge in [0.05, 0.1) is 12.0 Å². The molecule has 1 amide bonds. The van der Waals surface area contributed by atoms with Crippen molar-refractivity contribution in [3.8, 4) is 5.75 Å². The smallest absolute Gasteiger partial charge is 0.261 e. The van der Waals surface area contributed by atoms with Crippen LogP contribution in [-0.4, -0.2) is 33.2 Å². The maximum absolute atomic E-state index is 11.7. The lowest BCUT2D eigenvalue weighted by molar-refractivity contribution is 0.0957. The first kappa shape index (κ1) is 13.5. The maximum Gasteiger partial charge on any atom is 0.261 e. The van der Waals surface area contributed by atoms with Crippen LogP contribution in [0.15, 0.2) is 9.85 Å². The third-order valence-electron chi connectivity index (χ3n) is 1.99. The van der Waals surface area contributed by atoms with Crippen LogP contribution in [0.25, 0.3) is 0 Å². The summed E-state index contributed by atoms with van der Waals surface area (Å²) in [4.78, 5) is 12.4. The van der Waals surface area contributed by atoms with Crippen molar-refractivity contribution in [2.45, 2.75) is 6.42 Å². The number of hydrogen-bond donors (Lipinski definition) is 2. The molecule has 0 spiro atoms. The molecular weight excluding hydrogens is 292 g/mol. The van der Waals surface area contributed by atoms with Gasteiger partial charge in [0.25, 0.3) is 5.91 Å². The van der Waals surface area contributed by atoms with Crippen molar-refractivity contribution >= 4 is 33.2 Å². The molecule has 0 saturated heterocycles. The lowest BCUT2D eigenvalue weighted by Crippen LogP contribution is -2.25. The Kier molecular flexibility index (Phi) is 5.79. The quantitative estimate of drug-likeness (QED) is 0.789. The minimum Gasteiger partial charge on any atom is -0.495 e. The van der Waals surface area contributed by atoms with Crippen LogP contribution in [0.3, 0.4) is 0 Å². The molecule has 2 N–H and O–H groups in total. The van der Waals surface area contributed by atoms with Crippen LogP contribution in [0.4, 0.5) is 0 Å². The van der Waals surface area contributed by atoms with Gasteiger partial charge in [0.2, 0.25) is 0 Å². The van der Waals surface area contributed by atoms with E-state index in [0.717, 1.165) is 16.8 Å². The fourth-order valence-electron chi connectivity index (χ4n) is 1.16. The van der Waals surface area contributed by atoms with Crippen LogP contribution >= 0.6 is 27.3 Å². The molecule has 4 nitrogen and oxygen atoms in total. The summed E-state index contributed by atoms with van der Waals surface area (Å²) in [5, 5.41) is 5.88. The molecule has 0 saturated carbocycles. The summed E-state index contributed by atoms with van der Waals surface area (Å²) in [6.07, 6.45) is 0.923. The number of carbonyl (C=O) groups is 1. The summed E-state index contributed by atoms with van der Waals surface area (Å²) >= 11 is 4.72. The largest absolute Gasteiger partial charge is 0.495 e. The standard InChI is InChI=1S/C10H15BrN2O2S/c1-12-4-3-5-13-10(14)8-6-7(15-2)9(11)16-8/h6,12H,3-5H2,1-2H3,(H,13,14). The molecule has 0 aliphatic rings. The molecule has 0 radical (unpaired) electrons. The fourth-order valence-corrected chi connectivity index (χ4v) is 2.72. The van der Waals surface area contributed by atoms with Crippen LogP contribution in [0.1, 0.15) is 16.1 Å². The number of rotatable bonds is 6. The molecule has 1 rings (SSSR count). The van der Waals surface area contributed by atoms with Gasteiger partial charge in [-0.05, 0) is 35.9 Å². The second kappa shape index (κ2) is 6.88. The third kappa shape index (κ3) is 3.77. The van der Waals surface area contributed by atoms with E-state index in [-0.39, 0.29) is 5.91 Å². The predicted octanol–water partition coefficient (Wildman–Crippen LogP) is 1.86. The summed E-state index contributed by atoms with van der Waals surface area (Å²) in [7, 11) is 3.48. The molecule has 0 aliphatic heterocycles. The van der Waals surface area contributed by atoms with Crippen LogP contribution in [0, 0.1) is 0 Å². The lowest BCUT2D eigenvalue weighted by Gasteiger charge is -2.02. The Labute approximate surface area is 108 Å². The zero-order chi connectivity index (χ0) is 12.0. The van der Waals surface area contributed by atoms with Gasteiger partial charge in [-0.15, -0.1) is 11.3 Å². The molecule has 1 aromatic heterocycles. The Hall–Kier alpha value is -0.590. The van der Waals surface area contributed by atoms with E-state index in [1.807, 2.05) is 7.05 Å². The molecule has 0 bridgehead atoms. The van der Waals surface area contributed by atoms with Crippen LogP contribution < -0.4 is 15.4 Å². The van der Waals surface area contributed by atoms with E-state index in [1.54, 1.807) is 13.2 Å². The number of nitrogens with one attached hydrogen (secondary N) is 2. The molecule has 90 valence electrons. The molecule has 1 heterocycles. The maximum atomic E-state index is 11.7. The first-order chi connectivity index (χ1) is 7.69. The molecule has 0 unspecified atom stereocenters. The molecule has 16 heavy (non-hydrogen) atoms. The van der Waals surface area contributed by atoms with Crippen molar-refractivity contribution in [3.05, 3.63) is 14.7 Å². The van der Waals surface area contributed by atoms with Gasteiger partial charge in [0.15, 0.2) is 0 Å². The van der Waals surface area contributed by atoms with Gasteiger partial charge in [-0.1, -0.05) is 0 Å². The molecule has 6 heteroatoms. The summed E-state index contributed by atoms with van der Waals surface area (Å²) in [6, 6.07) is 1.74. The number of thiophene rings is 1. The fraction of sp³-hybridized carbons (Fsp3) is 0.500. The highest BCUT2D eigenvalue weighted by atomic mass is 79.9. The summed E-state index contributed by atoms with van der Waals surface area (Å²) < 4.78 is 5.94. The summed E-state index contributed by atoms with van der Waals surface area (Å²) in [5.41, 5.74) is 0. The Morgan fingerprint density at radius 1 is 1.56 bits per heavy atom. The van der Waals surface area contributed by atoms with Gasteiger partial charge in [-0.2, -0.15) is 0 Å². The normalized spacial score (nSPS) is 10.2. The van der Waals surface area contributed by atoms with E-state index in [4.69, 9.17) is 4.74 Å². The zero-order valence-electron chi connectivity index (χ0n) is 9.30. The van der Waals surface area contributed by atoms with E-state index in [9.17, 15) is 4.79 Å². The van der Waals surface area contributed by atoms with E-state index >= 15 is 0 Å². The minimum absolute atomic E-state index is 0.0508. The van der Waals surface area contributed by atoms with Gasteiger partial charge in [-0.3, -0.25) is 4.79 Å². The zero-order valence-corrected chi connectivity index (χ0v) is 11.7. The highest BCUT2D eigenvalue weighted by molar-refractivity contribution is 9.11. The predicted molar refractivity (Wildman–Crippen MR) is 69.4 cm³/mol. The second-order valence-corrected chi connectivity index (χ2v) is 5.54. The van der Waals surface area contributed by atoms with Crippen LogP contribution in [0.5, 0.6) is 5.75 Å². The number of halogens is 1. The topological polar surface area (TPSA) is 50.4 Å². The highest BCUT2D eigenvalue weighted by Crippen LogP contribution is 2.34. The Morgan fingerprint density at radius 3 is 2.88 bits per heavy atom. The van der Waals surface area contributed by atoms with Gasteiger partial charge < -0.3 is 15.4 Å². The molecule has 1 aromatic rings. The number of methoxy groups -OCH3 is 1. The first-order valence-electron chi connectivity index (χ1n) is 4.95. The van der Waals surface area contributed by atoms with Crippen molar-refractivity contribution in [2.75, 3.05) is 27.2 Å². The van der Waals surface area contributed by atoms with E-state index in [0.29, 0.717) is 17.2 Å². The average Bonchev–Trinajstić information content (AvgIpc) is 2.66. The third-order valence-corrected chi connectivity index (χ3v) is 3.77. The van der Waals surface area contributed by atoms with Crippen molar-refractivity contribution in [1.82, 2.24) is 10.6 Å². The molecule has 0 atom stereocenters. The van der Waals surface area contributed by atoms with E-state index in [1.165, 1.54) is 11.3 Å². The Bertz CT molecular complexity index is 355. The molecule has 0 fully saturated rings.